The summed E-state index contributed by atoms with van der Waals surface area (Å²) in [6, 6.07) is 5.19. The van der Waals surface area contributed by atoms with Crippen LogP contribution in [0.15, 0.2) is 29.3 Å². The number of carbonyl (C=O) groups is 1. The smallest absolute Gasteiger partial charge is 0.262 e. The van der Waals surface area contributed by atoms with Crippen LogP contribution in [0.2, 0.25) is 0 Å². The van der Waals surface area contributed by atoms with Gasteiger partial charge in [-0.05, 0) is 30.5 Å². The number of aryl methyl sites for hydroxylation is 1. The molecule has 152 valence electrons. The number of ether oxygens (including phenoxy) is 2. The zero-order chi connectivity index (χ0) is 20.5. The Balaban J connectivity index is 1.66. The van der Waals surface area contributed by atoms with Crippen LogP contribution in [0.3, 0.4) is 0 Å². The summed E-state index contributed by atoms with van der Waals surface area (Å²) in [7, 11) is 3.12. The molecule has 0 spiro atoms. The molecule has 0 saturated carbocycles. The van der Waals surface area contributed by atoms with Crippen molar-refractivity contribution >= 4 is 27.5 Å². The number of benzene rings is 1. The van der Waals surface area contributed by atoms with Gasteiger partial charge >= 0.3 is 0 Å². The molecular weight excluding hydrogens is 390 g/mol. The number of hydrogen-bond donors (Lipinski definition) is 0. The summed E-state index contributed by atoms with van der Waals surface area (Å²) in [4.78, 5) is 34.1. The fourth-order valence-corrected chi connectivity index (χ4v) is 4.93. The second-order valence-corrected chi connectivity index (χ2v) is 8.05. The van der Waals surface area contributed by atoms with E-state index in [4.69, 9.17) is 9.47 Å². The fourth-order valence-electron chi connectivity index (χ4n) is 3.74. The van der Waals surface area contributed by atoms with Crippen LogP contribution in [-0.4, -0.2) is 41.1 Å². The Hall–Kier alpha value is -2.87. The quantitative estimate of drug-likeness (QED) is 0.643. The van der Waals surface area contributed by atoms with E-state index < -0.39 is 0 Å². The van der Waals surface area contributed by atoms with Crippen LogP contribution in [0.25, 0.3) is 10.2 Å². The molecule has 1 aliphatic heterocycles. The van der Waals surface area contributed by atoms with E-state index in [1.807, 2.05) is 6.92 Å². The average molecular weight is 413 g/mol. The number of rotatable bonds is 5. The van der Waals surface area contributed by atoms with Gasteiger partial charge in [-0.25, -0.2) is 4.98 Å². The van der Waals surface area contributed by atoms with Crippen molar-refractivity contribution in [1.82, 2.24) is 14.5 Å². The summed E-state index contributed by atoms with van der Waals surface area (Å²) in [5.41, 5.74) is 1.56. The third-order valence-corrected chi connectivity index (χ3v) is 6.34. The molecule has 4 rings (SSSR count). The van der Waals surface area contributed by atoms with Crippen LogP contribution < -0.4 is 15.0 Å². The lowest BCUT2D eigenvalue weighted by molar-refractivity contribution is 0.0734. The second kappa shape index (κ2) is 7.87. The van der Waals surface area contributed by atoms with Gasteiger partial charge in [0.2, 0.25) is 0 Å². The number of amides is 1. The summed E-state index contributed by atoms with van der Waals surface area (Å²) < 4.78 is 12.3. The van der Waals surface area contributed by atoms with Crippen LogP contribution in [0.1, 0.15) is 34.1 Å². The van der Waals surface area contributed by atoms with Crippen molar-refractivity contribution in [2.45, 2.75) is 32.9 Å². The van der Waals surface area contributed by atoms with Crippen LogP contribution >= 0.6 is 11.3 Å². The summed E-state index contributed by atoms with van der Waals surface area (Å²) >= 11 is 1.50. The van der Waals surface area contributed by atoms with Crippen molar-refractivity contribution in [3.8, 4) is 11.5 Å². The molecule has 8 heteroatoms. The Kier molecular flexibility index (Phi) is 5.27. The third kappa shape index (κ3) is 3.37. The number of fused-ring (bicyclic) bond motifs is 3. The Morgan fingerprint density at radius 1 is 1.28 bits per heavy atom. The van der Waals surface area contributed by atoms with Gasteiger partial charge in [0.25, 0.3) is 11.5 Å². The number of carbonyl (C=O) groups excluding carboxylic acids is 1. The van der Waals surface area contributed by atoms with Crippen molar-refractivity contribution in [3.05, 3.63) is 50.9 Å². The van der Waals surface area contributed by atoms with Gasteiger partial charge in [-0.15, -0.1) is 11.3 Å². The van der Waals surface area contributed by atoms with E-state index >= 15 is 0 Å². The predicted molar refractivity (Wildman–Crippen MR) is 112 cm³/mol. The lowest BCUT2D eigenvalue weighted by Gasteiger charge is -2.27. The van der Waals surface area contributed by atoms with Crippen molar-refractivity contribution in [2.24, 2.45) is 0 Å². The number of methoxy groups -OCH3 is 2. The van der Waals surface area contributed by atoms with Gasteiger partial charge in [-0.3, -0.25) is 14.2 Å². The molecule has 2 aromatic heterocycles. The highest BCUT2D eigenvalue weighted by molar-refractivity contribution is 7.18. The third-order valence-electron chi connectivity index (χ3n) is 5.22. The zero-order valence-electron chi connectivity index (χ0n) is 16.7. The topological polar surface area (TPSA) is 73.7 Å². The van der Waals surface area contributed by atoms with Gasteiger partial charge < -0.3 is 14.4 Å². The predicted octanol–water partition coefficient (Wildman–Crippen LogP) is 3.08. The molecule has 7 nitrogen and oxygen atoms in total. The maximum Gasteiger partial charge on any atom is 0.262 e. The van der Waals surface area contributed by atoms with Crippen LogP contribution in [-0.2, 0) is 19.5 Å². The van der Waals surface area contributed by atoms with E-state index in [0.29, 0.717) is 43.1 Å². The number of hydrogen-bond acceptors (Lipinski definition) is 6. The molecule has 0 aliphatic carbocycles. The molecule has 3 heterocycles. The molecule has 1 aromatic carbocycles. The molecular formula is C21H23N3O4S. The maximum absolute atomic E-state index is 13.1. The minimum atomic E-state index is -0.0936. The molecule has 0 N–H and O–H groups in total. The van der Waals surface area contributed by atoms with E-state index in [1.54, 1.807) is 48.2 Å². The largest absolute Gasteiger partial charge is 0.497 e. The molecule has 0 unspecified atom stereocenters. The summed E-state index contributed by atoms with van der Waals surface area (Å²) in [6.45, 7) is 3.72. The first-order valence-electron chi connectivity index (χ1n) is 9.58. The highest BCUT2D eigenvalue weighted by Gasteiger charge is 2.28. The van der Waals surface area contributed by atoms with Gasteiger partial charge in [0.15, 0.2) is 0 Å². The van der Waals surface area contributed by atoms with Gasteiger partial charge in [0.05, 0.1) is 38.0 Å². The molecule has 0 bridgehead atoms. The lowest BCUT2D eigenvalue weighted by atomic mass is 10.0. The normalized spacial score (nSPS) is 13.4. The van der Waals surface area contributed by atoms with Crippen LogP contribution in [0, 0.1) is 0 Å². The van der Waals surface area contributed by atoms with E-state index in [9.17, 15) is 9.59 Å². The fraction of sp³-hybridized carbons (Fsp3) is 0.381. The van der Waals surface area contributed by atoms with Crippen molar-refractivity contribution in [2.75, 3.05) is 20.8 Å². The first kappa shape index (κ1) is 19.4. The molecule has 0 radical (unpaired) electrons. The zero-order valence-corrected chi connectivity index (χ0v) is 17.5. The standard InChI is InChI=1S/C21H23N3O4S/c1-4-8-24-12-22-19-18(21(24)26)15-7-9-23(11-17(15)29-19)20(25)14-6-5-13(27-2)10-16(14)28-3/h5-6,10,12H,4,7-9,11H2,1-3H3. The van der Waals surface area contributed by atoms with E-state index in [1.165, 1.54) is 11.3 Å². The number of thiophene rings is 1. The van der Waals surface area contributed by atoms with E-state index in [0.717, 1.165) is 27.1 Å². The van der Waals surface area contributed by atoms with Crippen molar-refractivity contribution in [1.29, 1.82) is 0 Å². The monoisotopic (exact) mass is 413 g/mol. The molecule has 0 atom stereocenters. The molecule has 3 aromatic rings. The minimum absolute atomic E-state index is 0.0194. The van der Waals surface area contributed by atoms with Gasteiger partial charge in [-0.2, -0.15) is 0 Å². The summed E-state index contributed by atoms with van der Waals surface area (Å²) in [5, 5.41) is 0.718. The van der Waals surface area contributed by atoms with Crippen molar-refractivity contribution < 1.29 is 14.3 Å². The summed E-state index contributed by atoms with van der Waals surface area (Å²) in [5.74, 6) is 1.03. The van der Waals surface area contributed by atoms with Gasteiger partial charge in [0.1, 0.15) is 16.3 Å². The average Bonchev–Trinajstić information content (AvgIpc) is 3.13. The van der Waals surface area contributed by atoms with Crippen LogP contribution in [0.4, 0.5) is 0 Å². The Labute approximate surface area is 172 Å². The highest BCUT2D eigenvalue weighted by Crippen LogP contribution is 2.34. The molecule has 0 saturated heterocycles. The SMILES string of the molecule is CCCn1cnc2sc3c(c2c1=O)CCN(C(=O)c1ccc(OC)cc1OC)C3. The van der Waals surface area contributed by atoms with Gasteiger partial charge in [-0.1, -0.05) is 6.92 Å². The molecule has 1 amide bonds. The van der Waals surface area contributed by atoms with E-state index in [-0.39, 0.29) is 11.5 Å². The second-order valence-electron chi connectivity index (χ2n) is 6.97. The molecule has 0 fully saturated rings. The Morgan fingerprint density at radius 2 is 2.10 bits per heavy atom. The first-order valence-corrected chi connectivity index (χ1v) is 10.4. The Morgan fingerprint density at radius 3 is 2.83 bits per heavy atom. The summed E-state index contributed by atoms with van der Waals surface area (Å²) in [6.07, 6.45) is 3.15. The highest BCUT2D eigenvalue weighted by atomic mass is 32.1. The maximum atomic E-state index is 13.1. The van der Waals surface area contributed by atoms with Gasteiger partial charge in [0, 0.05) is 24.0 Å². The molecule has 1 aliphatic rings. The van der Waals surface area contributed by atoms with Crippen LogP contribution in [0.5, 0.6) is 11.5 Å². The van der Waals surface area contributed by atoms with Crippen molar-refractivity contribution in [3.63, 3.8) is 0 Å². The molecule has 29 heavy (non-hydrogen) atoms. The first-order chi connectivity index (χ1) is 14.1. The Bertz CT molecular complexity index is 1130. The van der Waals surface area contributed by atoms with E-state index in [2.05, 4.69) is 4.98 Å². The lowest BCUT2D eigenvalue weighted by Crippen LogP contribution is -2.35. The number of aromatic nitrogens is 2. The minimum Gasteiger partial charge on any atom is -0.497 e. The number of nitrogens with zero attached hydrogens (tertiary/aromatic N) is 3.